The second-order valence-electron chi connectivity index (χ2n) is 4.65. The fourth-order valence-electron chi connectivity index (χ4n) is 1.99. The summed E-state index contributed by atoms with van der Waals surface area (Å²) in [4.78, 5) is 0. The molecule has 0 aromatic heterocycles. The van der Waals surface area contributed by atoms with E-state index in [1.54, 1.807) is 0 Å². The van der Waals surface area contributed by atoms with E-state index in [2.05, 4.69) is 0 Å². The number of aliphatic hydroxyl groups is 1. The summed E-state index contributed by atoms with van der Waals surface area (Å²) in [6.07, 6.45) is 5.53. The first-order valence-corrected chi connectivity index (χ1v) is 8.06. The fraction of sp³-hybridized carbons (Fsp3) is 1.00. The van der Waals surface area contributed by atoms with Crippen LogP contribution in [0.15, 0.2) is 0 Å². The van der Waals surface area contributed by atoms with E-state index in [0.717, 1.165) is 38.5 Å². The lowest BCUT2D eigenvalue weighted by atomic mass is 10.0. The molecule has 104 valence electrons. The van der Waals surface area contributed by atoms with Crippen molar-refractivity contribution in [2.45, 2.75) is 76.6 Å². The molecule has 0 saturated heterocycles. The zero-order valence-electron chi connectivity index (χ0n) is 10.9. The van der Waals surface area contributed by atoms with Gasteiger partial charge < -0.3 is 5.11 Å². The van der Waals surface area contributed by atoms with Crippen LogP contribution in [0.2, 0.25) is 0 Å². The maximum Gasteiger partial charge on any atom is 0.267 e. The molecule has 0 saturated carbocycles. The van der Waals surface area contributed by atoms with Crippen LogP contribution in [-0.4, -0.2) is 29.4 Å². The van der Waals surface area contributed by atoms with E-state index in [9.17, 15) is 13.5 Å². The van der Waals surface area contributed by atoms with Crippen molar-refractivity contribution in [1.29, 1.82) is 0 Å². The number of hydrogen-bond donors (Lipinski definition) is 2. The smallest absolute Gasteiger partial charge is 0.267 e. The molecule has 0 aliphatic heterocycles. The van der Waals surface area contributed by atoms with Crippen LogP contribution < -0.4 is 0 Å². The van der Waals surface area contributed by atoms with E-state index >= 15 is 0 Å². The zero-order chi connectivity index (χ0) is 13.3. The summed E-state index contributed by atoms with van der Waals surface area (Å²) < 4.78 is 31.1. The molecule has 5 heteroatoms. The molecule has 2 atom stereocenters. The second kappa shape index (κ2) is 8.89. The number of hydrogen-bond acceptors (Lipinski definition) is 3. The lowest BCUT2D eigenvalue weighted by Gasteiger charge is -2.13. The predicted octanol–water partition coefficient (Wildman–Crippen LogP) is 2.76. The Morgan fingerprint density at radius 1 is 0.941 bits per heavy atom. The third-order valence-corrected chi connectivity index (χ3v) is 4.28. The van der Waals surface area contributed by atoms with Crippen molar-refractivity contribution in [3.63, 3.8) is 0 Å². The molecule has 17 heavy (non-hydrogen) atoms. The summed E-state index contributed by atoms with van der Waals surface area (Å²) in [6, 6.07) is 0. The molecule has 0 aromatic carbocycles. The van der Waals surface area contributed by atoms with E-state index in [-0.39, 0.29) is 6.10 Å². The highest BCUT2D eigenvalue weighted by molar-refractivity contribution is 7.86. The van der Waals surface area contributed by atoms with Gasteiger partial charge in [0.1, 0.15) is 0 Å². The molecular weight excluding hydrogens is 240 g/mol. The molecule has 0 amide bonds. The van der Waals surface area contributed by atoms with Crippen molar-refractivity contribution < 1.29 is 18.1 Å². The minimum absolute atomic E-state index is 0.268. The maximum atomic E-state index is 11.1. The average Bonchev–Trinajstić information content (AvgIpc) is 2.21. The van der Waals surface area contributed by atoms with Crippen molar-refractivity contribution in [2.24, 2.45) is 0 Å². The molecule has 0 heterocycles. The van der Waals surface area contributed by atoms with Gasteiger partial charge in [-0.25, -0.2) is 0 Å². The Labute approximate surface area is 105 Å². The molecule has 0 bridgehead atoms. The molecule has 0 aromatic rings. The van der Waals surface area contributed by atoms with Crippen LogP contribution in [0, 0.1) is 0 Å². The van der Waals surface area contributed by atoms with Gasteiger partial charge in [-0.2, -0.15) is 8.42 Å². The van der Waals surface area contributed by atoms with Crippen LogP contribution in [0.3, 0.4) is 0 Å². The summed E-state index contributed by atoms with van der Waals surface area (Å²) >= 11 is 0. The zero-order valence-corrected chi connectivity index (χ0v) is 11.7. The third kappa shape index (κ3) is 8.57. The van der Waals surface area contributed by atoms with E-state index in [4.69, 9.17) is 4.55 Å². The molecule has 0 aliphatic rings. The summed E-state index contributed by atoms with van der Waals surface area (Å²) in [5, 5.41) is 8.88. The first kappa shape index (κ1) is 16.9. The highest BCUT2D eigenvalue weighted by Gasteiger charge is 2.21. The van der Waals surface area contributed by atoms with Gasteiger partial charge in [-0.1, -0.05) is 39.5 Å². The number of unbranched alkanes of at least 4 members (excludes halogenated alkanes) is 1. The van der Waals surface area contributed by atoms with Gasteiger partial charge in [0, 0.05) is 0 Å². The normalized spacial score (nSPS) is 15.8. The summed E-state index contributed by atoms with van der Waals surface area (Å²) in [5.74, 6) is 0. The Morgan fingerprint density at radius 2 is 1.47 bits per heavy atom. The molecular formula is C12H26O4S. The maximum absolute atomic E-state index is 11.1. The predicted molar refractivity (Wildman–Crippen MR) is 69.6 cm³/mol. The van der Waals surface area contributed by atoms with E-state index in [1.165, 1.54) is 0 Å². The Balaban J connectivity index is 3.84. The number of aliphatic hydroxyl groups excluding tert-OH is 1. The Bertz CT molecular complexity index is 274. The monoisotopic (exact) mass is 266 g/mol. The average molecular weight is 266 g/mol. The van der Waals surface area contributed by atoms with Gasteiger partial charge in [-0.3, -0.25) is 4.55 Å². The standard InChI is InChI=1S/C12H26O4S/c1-3-7-11(13)9-5-6-10-12(8-4-2)17(14,15)16/h11-13H,3-10H2,1-2H3,(H,14,15,16). The van der Waals surface area contributed by atoms with Gasteiger partial charge in [-0.15, -0.1) is 0 Å². The first-order chi connectivity index (χ1) is 7.91. The molecule has 0 aliphatic carbocycles. The second-order valence-corrected chi connectivity index (χ2v) is 6.35. The highest BCUT2D eigenvalue weighted by Crippen LogP contribution is 2.16. The van der Waals surface area contributed by atoms with Gasteiger partial charge >= 0.3 is 0 Å². The lowest BCUT2D eigenvalue weighted by Crippen LogP contribution is -2.20. The molecule has 0 spiro atoms. The van der Waals surface area contributed by atoms with Crippen molar-refractivity contribution in [3.05, 3.63) is 0 Å². The van der Waals surface area contributed by atoms with Crippen LogP contribution in [0.1, 0.15) is 65.2 Å². The van der Waals surface area contributed by atoms with Gasteiger partial charge in [0.2, 0.25) is 0 Å². The van der Waals surface area contributed by atoms with E-state index in [0.29, 0.717) is 12.8 Å². The third-order valence-electron chi connectivity index (χ3n) is 2.97. The summed E-state index contributed by atoms with van der Waals surface area (Å²) in [6.45, 7) is 3.93. The van der Waals surface area contributed by atoms with Gasteiger partial charge in [-0.05, 0) is 25.7 Å². The number of rotatable bonds is 10. The van der Waals surface area contributed by atoms with E-state index in [1.807, 2.05) is 13.8 Å². The van der Waals surface area contributed by atoms with Crippen molar-refractivity contribution in [3.8, 4) is 0 Å². The Morgan fingerprint density at radius 3 is 1.94 bits per heavy atom. The first-order valence-electron chi connectivity index (χ1n) is 6.56. The van der Waals surface area contributed by atoms with Crippen molar-refractivity contribution in [2.75, 3.05) is 0 Å². The largest absolute Gasteiger partial charge is 0.393 e. The van der Waals surface area contributed by atoms with Crippen LogP contribution in [0.4, 0.5) is 0 Å². The van der Waals surface area contributed by atoms with Crippen molar-refractivity contribution >= 4 is 10.1 Å². The van der Waals surface area contributed by atoms with Crippen LogP contribution in [0.25, 0.3) is 0 Å². The summed E-state index contributed by atoms with van der Waals surface area (Å²) in [7, 11) is -3.90. The Hall–Kier alpha value is -0.130. The van der Waals surface area contributed by atoms with Gasteiger partial charge in [0.05, 0.1) is 11.4 Å². The minimum atomic E-state index is -3.90. The molecule has 0 rings (SSSR count). The molecule has 4 nitrogen and oxygen atoms in total. The van der Waals surface area contributed by atoms with Crippen molar-refractivity contribution in [1.82, 2.24) is 0 Å². The van der Waals surface area contributed by atoms with Crippen LogP contribution in [-0.2, 0) is 10.1 Å². The van der Waals surface area contributed by atoms with Gasteiger partial charge in [0.15, 0.2) is 0 Å². The quantitative estimate of drug-likeness (QED) is 0.471. The molecule has 2 N–H and O–H groups in total. The Kier molecular flexibility index (Phi) is 8.82. The van der Waals surface area contributed by atoms with Gasteiger partial charge in [0.25, 0.3) is 10.1 Å². The van der Waals surface area contributed by atoms with Crippen LogP contribution in [0.5, 0.6) is 0 Å². The molecule has 2 unspecified atom stereocenters. The summed E-state index contributed by atoms with van der Waals surface area (Å²) in [5.41, 5.74) is 0. The fourth-order valence-corrected chi connectivity index (χ4v) is 2.99. The lowest BCUT2D eigenvalue weighted by molar-refractivity contribution is 0.150. The minimum Gasteiger partial charge on any atom is -0.393 e. The van der Waals surface area contributed by atoms with E-state index < -0.39 is 15.4 Å². The molecule has 0 fully saturated rings. The highest BCUT2D eigenvalue weighted by atomic mass is 32.2. The van der Waals surface area contributed by atoms with Crippen LogP contribution >= 0.6 is 0 Å². The molecule has 0 radical (unpaired) electrons. The topological polar surface area (TPSA) is 74.6 Å². The SMILES string of the molecule is CCCC(O)CCCCC(CCC)S(=O)(=O)O.